The van der Waals surface area contributed by atoms with Crippen LogP contribution in [-0.2, 0) is 4.79 Å². The molecule has 19 heavy (non-hydrogen) atoms. The highest BCUT2D eigenvalue weighted by Crippen LogP contribution is 2.28. The average Bonchev–Trinajstić information content (AvgIpc) is 2.38. The van der Waals surface area contributed by atoms with E-state index in [-0.39, 0.29) is 17.5 Å². The first-order chi connectivity index (χ1) is 8.99. The number of carbonyl (C=O) groups is 1. The maximum atomic E-state index is 13.8. The van der Waals surface area contributed by atoms with Crippen molar-refractivity contribution in [2.24, 2.45) is 11.7 Å². The number of nitrogens with zero attached hydrogens (tertiary/aromatic N) is 2. The normalized spacial score (nSPS) is 16.4. The number of rotatable bonds is 3. The molecule has 1 aliphatic rings. The van der Waals surface area contributed by atoms with Crippen molar-refractivity contribution in [2.45, 2.75) is 12.8 Å². The molecule has 1 amide bonds. The third kappa shape index (κ3) is 2.81. The molecule has 0 radical (unpaired) electrons. The summed E-state index contributed by atoms with van der Waals surface area (Å²) in [6, 6.07) is 3.59. The van der Waals surface area contributed by atoms with Gasteiger partial charge in [0.15, 0.2) is 5.82 Å². The number of hydrogen-bond acceptors (Lipinski definition) is 4. The second kappa shape index (κ2) is 5.21. The van der Waals surface area contributed by atoms with Crippen LogP contribution >= 0.6 is 0 Å². The number of carbonyl (C=O) groups excluding carboxylic acids is 1. The number of amides is 1. The van der Waals surface area contributed by atoms with Gasteiger partial charge < -0.3 is 10.6 Å². The second-order valence-corrected chi connectivity index (χ2v) is 4.56. The Morgan fingerprint density at radius 3 is 2.53 bits per heavy atom. The summed E-state index contributed by atoms with van der Waals surface area (Å²) in [5.74, 6) is -1.12. The zero-order chi connectivity index (χ0) is 14.0. The van der Waals surface area contributed by atoms with Gasteiger partial charge in [0.05, 0.1) is 16.7 Å². The van der Waals surface area contributed by atoms with Gasteiger partial charge in [-0.1, -0.05) is 0 Å². The average molecular weight is 267 g/mol. The molecule has 1 aromatic rings. The van der Waals surface area contributed by atoms with Crippen LogP contribution in [0.3, 0.4) is 0 Å². The first-order valence-electron chi connectivity index (χ1n) is 5.97. The van der Waals surface area contributed by atoms with E-state index in [4.69, 9.17) is 5.73 Å². The monoisotopic (exact) mass is 267 g/mol. The molecule has 0 aromatic heterocycles. The van der Waals surface area contributed by atoms with Crippen molar-refractivity contribution in [1.29, 1.82) is 0 Å². The van der Waals surface area contributed by atoms with Crippen LogP contribution < -0.4 is 10.6 Å². The van der Waals surface area contributed by atoms with Crippen LogP contribution in [0.1, 0.15) is 12.8 Å². The van der Waals surface area contributed by atoms with Gasteiger partial charge in [0.1, 0.15) is 0 Å². The van der Waals surface area contributed by atoms with Crippen molar-refractivity contribution in [3.05, 3.63) is 34.1 Å². The van der Waals surface area contributed by atoms with Gasteiger partial charge in [-0.25, -0.2) is 4.39 Å². The molecule has 6 nitrogen and oxygen atoms in total. The standard InChI is InChI=1S/C12H14FN3O3/c13-10-7-9(16(18)19)1-2-11(10)15-5-3-8(4-6-15)12(14)17/h1-2,7-8H,3-6H2,(H2,14,17). The summed E-state index contributed by atoms with van der Waals surface area (Å²) in [6.07, 6.45) is 1.15. The Labute approximate surface area is 109 Å². The lowest BCUT2D eigenvalue weighted by Crippen LogP contribution is -2.38. The number of hydrogen-bond donors (Lipinski definition) is 1. The molecule has 2 N–H and O–H groups in total. The lowest BCUT2D eigenvalue weighted by Gasteiger charge is -2.32. The van der Waals surface area contributed by atoms with E-state index in [1.165, 1.54) is 12.1 Å². The number of piperidine rings is 1. The number of nitro groups is 1. The lowest BCUT2D eigenvalue weighted by atomic mass is 9.96. The van der Waals surface area contributed by atoms with Gasteiger partial charge in [0.2, 0.25) is 5.91 Å². The number of non-ortho nitro benzene ring substituents is 1. The molecule has 1 saturated heterocycles. The van der Waals surface area contributed by atoms with E-state index in [1.54, 1.807) is 4.90 Å². The number of primary amides is 1. The van der Waals surface area contributed by atoms with E-state index in [1.807, 2.05) is 0 Å². The minimum Gasteiger partial charge on any atom is -0.369 e. The van der Waals surface area contributed by atoms with E-state index >= 15 is 0 Å². The number of nitrogens with two attached hydrogens (primary N) is 1. The van der Waals surface area contributed by atoms with Gasteiger partial charge in [-0.15, -0.1) is 0 Å². The van der Waals surface area contributed by atoms with Crippen LogP contribution in [0, 0.1) is 21.8 Å². The fourth-order valence-corrected chi connectivity index (χ4v) is 2.27. The number of anilines is 1. The molecule has 1 aliphatic heterocycles. The van der Waals surface area contributed by atoms with Gasteiger partial charge in [-0.2, -0.15) is 0 Å². The Bertz CT molecular complexity index is 513. The third-order valence-corrected chi connectivity index (χ3v) is 3.38. The quantitative estimate of drug-likeness (QED) is 0.662. The largest absolute Gasteiger partial charge is 0.369 e. The Morgan fingerprint density at radius 1 is 1.42 bits per heavy atom. The van der Waals surface area contributed by atoms with Crippen molar-refractivity contribution < 1.29 is 14.1 Å². The molecule has 0 atom stereocenters. The minimum absolute atomic E-state index is 0.169. The highest BCUT2D eigenvalue weighted by atomic mass is 19.1. The summed E-state index contributed by atoms with van der Waals surface area (Å²) in [5, 5.41) is 10.5. The Kier molecular flexibility index (Phi) is 3.64. The number of halogens is 1. The minimum atomic E-state index is -0.633. The van der Waals surface area contributed by atoms with Crippen molar-refractivity contribution in [3.63, 3.8) is 0 Å². The highest BCUT2D eigenvalue weighted by Gasteiger charge is 2.25. The Morgan fingerprint density at radius 2 is 2.05 bits per heavy atom. The first-order valence-corrected chi connectivity index (χ1v) is 5.97. The van der Waals surface area contributed by atoms with Gasteiger partial charge in [0.25, 0.3) is 5.69 Å². The molecule has 0 saturated carbocycles. The maximum Gasteiger partial charge on any atom is 0.272 e. The predicted octanol–water partition coefficient (Wildman–Crippen LogP) is 1.44. The van der Waals surface area contributed by atoms with E-state index in [9.17, 15) is 19.3 Å². The first kappa shape index (κ1) is 13.3. The summed E-state index contributed by atoms with van der Waals surface area (Å²) in [7, 11) is 0. The Hall–Kier alpha value is -2.18. The molecule has 0 bridgehead atoms. The molecule has 1 fully saturated rings. The van der Waals surface area contributed by atoms with Crippen LogP contribution in [0.5, 0.6) is 0 Å². The van der Waals surface area contributed by atoms with Crippen molar-refractivity contribution in [1.82, 2.24) is 0 Å². The van der Waals surface area contributed by atoms with E-state index < -0.39 is 10.7 Å². The second-order valence-electron chi connectivity index (χ2n) is 4.56. The van der Waals surface area contributed by atoms with Crippen molar-refractivity contribution in [2.75, 3.05) is 18.0 Å². The van der Waals surface area contributed by atoms with E-state index in [0.29, 0.717) is 31.6 Å². The molecular weight excluding hydrogens is 253 g/mol. The maximum absolute atomic E-state index is 13.8. The van der Waals surface area contributed by atoms with Crippen molar-refractivity contribution in [3.8, 4) is 0 Å². The van der Waals surface area contributed by atoms with Crippen LogP contribution in [0.25, 0.3) is 0 Å². The van der Waals surface area contributed by atoms with Crippen molar-refractivity contribution >= 4 is 17.3 Å². The van der Waals surface area contributed by atoms with E-state index in [2.05, 4.69) is 0 Å². The molecular formula is C12H14FN3O3. The molecule has 102 valence electrons. The zero-order valence-corrected chi connectivity index (χ0v) is 10.2. The summed E-state index contributed by atoms with van der Waals surface area (Å²) in [6.45, 7) is 1.03. The lowest BCUT2D eigenvalue weighted by molar-refractivity contribution is -0.385. The van der Waals surface area contributed by atoms with Crippen LogP contribution in [0.2, 0.25) is 0 Å². The van der Waals surface area contributed by atoms with Crippen LogP contribution in [-0.4, -0.2) is 23.9 Å². The van der Waals surface area contributed by atoms with Crippen LogP contribution in [0.4, 0.5) is 15.8 Å². The molecule has 0 aliphatic carbocycles. The van der Waals surface area contributed by atoms with Crippen LogP contribution in [0.15, 0.2) is 18.2 Å². The fraction of sp³-hybridized carbons (Fsp3) is 0.417. The third-order valence-electron chi connectivity index (χ3n) is 3.38. The van der Waals surface area contributed by atoms with Gasteiger partial charge in [-0.3, -0.25) is 14.9 Å². The summed E-state index contributed by atoms with van der Waals surface area (Å²) >= 11 is 0. The highest BCUT2D eigenvalue weighted by molar-refractivity contribution is 5.77. The zero-order valence-electron chi connectivity index (χ0n) is 10.2. The Balaban J connectivity index is 2.11. The molecule has 1 aromatic carbocycles. The molecule has 0 unspecified atom stereocenters. The summed E-state index contributed by atoms with van der Waals surface area (Å²) in [5.41, 5.74) is 5.29. The molecule has 1 heterocycles. The van der Waals surface area contributed by atoms with E-state index in [0.717, 1.165) is 6.07 Å². The van der Waals surface area contributed by atoms with Gasteiger partial charge in [-0.05, 0) is 18.9 Å². The number of benzene rings is 1. The summed E-state index contributed by atoms with van der Waals surface area (Å²) in [4.78, 5) is 22.7. The smallest absolute Gasteiger partial charge is 0.272 e. The van der Waals surface area contributed by atoms with Gasteiger partial charge in [0, 0.05) is 25.1 Å². The number of nitro benzene ring substituents is 1. The summed E-state index contributed by atoms with van der Waals surface area (Å²) < 4.78 is 13.8. The predicted molar refractivity (Wildman–Crippen MR) is 67.2 cm³/mol. The fourth-order valence-electron chi connectivity index (χ4n) is 2.27. The molecule has 2 rings (SSSR count). The molecule has 0 spiro atoms. The SMILES string of the molecule is NC(=O)C1CCN(c2ccc([N+](=O)[O-])cc2F)CC1. The molecule has 7 heteroatoms. The topological polar surface area (TPSA) is 89.5 Å². The van der Waals surface area contributed by atoms with Gasteiger partial charge >= 0.3 is 0 Å².